The second kappa shape index (κ2) is 4.22. The lowest BCUT2D eigenvalue weighted by Crippen LogP contribution is -2.25. The van der Waals surface area contributed by atoms with Gasteiger partial charge in [-0.1, -0.05) is 0 Å². The number of hydrogen-bond donors (Lipinski definition) is 2. The monoisotopic (exact) mass is 279 g/mol. The van der Waals surface area contributed by atoms with Crippen LogP contribution < -0.4 is 20.5 Å². The molecule has 2 aromatic rings. The van der Waals surface area contributed by atoms with E-state index in [2.05, 4.69) is 19.8 Å². The van der Waals surface area contributed by atoms with Crippen molar-refractivity contribution in [1.29, 1.82) is 0 Å². The van der Waals surface area contributed by atoms with Crippen LogP contribution in [0.4, 0.5) is 26.0 Å². The highest BCUT2D eigenvalue weighted by atomic mass is 19.3. The smallest absolute Gasteiger partial charge is 0.396 e. The number of hydrogen-bond acceptors (Lipinski definition) is 5. The van der Waals surface area contributed by atoms with E-state index in [1.54, 1.807) is 18.2 Å². The Morgan fingerprint density at radius 3 is 2.70 bits per heavy atom. The minimum Gasteiger partial charge on any atom is -0.396 e. The number of aromatic nitrogens is 1. The number of halogens is 2. The van der Waals surface area contributed by atoms with Crippen LogP contribution in [0.1, 0.15) is 5.69 Å². The first-order valence-electron chi connectivity index (χ1n) is 5.83. The third-order valence-electron chi connectivity index (χ3n) is 2.73. The van der Waals surface area contributed by atoms with Gasteiger partial charge in [0.2, 0.25) is 0 Å². The van der Waals surface area contributed by atoms with Gasteiger partial charge < -0.3 is 20.5 Å². The van der Waals surface area contributed by atoms with Gasteiger partial charge in [-0.15, -0.1) is 8.78 Å². The van der Waals surface area contributed by atoms with Crippen molar-refractivity contribution >= 4 is 17.2 Å². The highest BCUT2D eigenvalue weighted by molar-refractivity contribution is 5.70. The molecule has 3 N–H and O–H groups in total. The van der Waals surface area contributed by atoms with Crippen molar-refractivity contribution in [1.82, 2.24) is 4.98 Å². The Labute approximate surface area is 113 Å². The first-order chi connectivity index (χ1) is 9.43. The Balaban J connectivity index is 1.88. The lowest BCUT2D eigenvalue weighted by molar-refractivity contribution is -0.286. The maximum Gasteiger partial charge on any atom is 0.586 e. The second-order valence-corrected chi connectivity index (χ2v) is 4.34. The maximum atomic E-state index is 12.9. The summed E-state index contributed by atoms with van der Waals surface area (Å²) in [5, 5.41) is 2.95. The number of nitrogen functional groups attached to an aromatic ring is 1. The molecule has 7 heteroatoms. The largest absolute Gasteiger partial charge is 0.586 e. The molecule has 0 spiro atoms. The zero-order valence-corrected chi connectivity index (χ0v) is 10.5. The van der Waals surface area contributed by atoms with E-state index in [4.69, 9.17) is 5.73 Å². The zero-order valence-electron chi connectivity index (χ0n) is 10.5. The van der Waals surface area contributed by atoms with Gasteiger partial charge >= 0.3 is 6.29 Å². The van der Waals surface area contributed by atoms with Crippen molar-refractivity contribution in [3.63, 3.8) is 0 Å². The number of nitrogens with one attached hydrogen (secondary N) is 1. The first-order valence-corrected chi connectivity index (χ1v) is 5.83. The molecule has 0 radical (unpaired) electrons. The number of anilines is 3. The van der Waals surface area contributed by atoms with Crippen molar-refractivity contribution in [2.45, 2.75) is 13.2 Å². The van der Waals surface area contributed by atoms with Gasteiger partial charge in [-0.25, -0.2) is 4.98 Å². The fraction of sp³-hybridized carbons (Fsp3) is 0.154. The predicted octanol–water partition coefficient (Wildman–Crippen LogP) is 3.04. The molecule has 0 amide bonds. The number of aryl methyl sites for hydroxylation is 1. The number of nitrogens with two attached hydrogens (primary N) is 1. The number of rotatable bonds is 2. The Bertz CT molecular complexity index is 677. The molecule has 0 atom stereocenters. The van der Waals surface area contributed by atoms with Crippen molar-refractivity contribution in [2.24, 2.45) is 0 Å². The van der Waals surface area contributed by atoms with Crippen molar-refractivity contribution in [3.8, 4) is 11.5 Å². The van der Waals surface area contributed by atoms with Gasteiger partial charge in [-0.3, -0.25) is 0 Å². The summed E-state index contributed by atoms with van der Waals surface area (Å²) in [6.45, 7) is 1.82. The molecular formula is C13H11F2N3O2. The fourth-order valence-corrected chi connectivity index (χ4v) is 1.83. The molecule has 5 nitrogen and oxygen atoms in total. The lowest BCUT2D eigenvalue weighted by atomic mass is 10.2. The van der Waals surface area contributed by atoms with Gasteiger partial charge in [0, 0.05) is 17.4 Å². The molecule has 0 fully saturated rings. The average Bonchev–Trinajstić information content (AvgIpc) is 2.67. The van der Waals surface area contributed by atoms with Crippen molar-refractivity contribution in [2.75, 3.05) is 11.1 Å². The molecule has 0 bridgehead atoms. The minimum atomic E-state index is -3.62. The predicted molar refractivity (Wildman–Crippen MR) is 69.3 cm³/mol. The molecule has 104 valence electrons. The maximum absolute atomic E-state index is 12.9. The molecule has 20 heavy (non-hydrogen) atoms. The minimum absolute atomic E-state index is 0.00859. The summed E-state index contributed by atoms with van der Waals surface area (Å²) in [4.78, 5) is 4.23. The third kappa shape index (κ3) is 2.29. The summed E-state index contributed by atoms with van der Waals surface area (Å²) in [7, 11) is 0. The van der Waals surface area contributed by atoms with Crippen LogP contribution in [-0.2, 0) is 0 Å². The normalized spacial score (nSPS) is 15.2. The SMILES string of the molecule is Cc1ccc(N)c(Nc2ccc3c(c2)OC(F)(F)O3)n1. The number of alkyl halides is 2. The van der Waals surface area contributed by atoms with Crippen molar-refractivity contribution in [3.05, 3.63) is 36.0 Å². The van der Waals surface area contributed by atoms with E-state index in [0.717, 1.165) is 5.69 Å². The Hall–Kier alpha value is -2.57. The Morgan fingerprint density at radius 1 is 1.15 bits per heavy atom. The Morgan fingerprint density at radius 2 is 1.90 bits per heavy atom. The summed E-state index contributed by atoms with van der Waals surface area (Å²) in [5.74, 6) is 0.410. The van der Waals surface area contributed by atoms with E-state index in [1.807, 2.05) is 6.92 Å². The van der Waals surface area contributed by atoms with Crippen LogP contribution in [0.25, 0.3) is 0 Å². The van der Waals surface area contributed by atoms with Crippen LogP contribution in [-0.4, -0.2) is 11.3 Å². The fourth-order valence-electron chi connectivity index (χ4n) is 1.83. The van der Waals surface area contributed by atoms with Crippen molar-refractivity contribution < 1.29 is 18.3 Å². The van der Waals surface area contributed by atoms with E-state index >= 15 is 0 Å². The lowest BCUT2D eigenvalue weighted by Gasteiger charge is -2.09. The topological polar surface area (TPSA) is 69.4 Å². The van der Waals surface area contributed by atoms with Crippen LogP contribution >= 0.6 is 0 Å². The molecule has 1 aliphatic rings. The highest BCUT2D eigenvalue weighted by Crippen LogP contribution is 2.42. The average molecular weight is 279 g/mol. The van der Waals surface area contributed by atoms with Gasteiger partial charge in [0.15, 0.2) is 17.3 Å². The van der Waals surface area contributed by atoms with Gasteiger partial charge in [0.05, 0.1) is 5.69 Å². The summed E-state index contributed by atoms with van der Waals surface area (Å²) in [5.41, 5.74) is 7.56. The molecule has 0 saturated heterocycles. The molecule has 0 saturated carbocycles. The van der Waals surface area contributed by atoms with Gasteiger partial charge in [-0.05, 0) is 31.2 Å². The summed E-state index contributed by atoms with van der Waals surface area (Å²) < 4.78 is 34.5. The number of nitrogens with zero attached hydrogens (tertiary/aromatic N) is 1. The standard InChI is InChI=1S/C13H11F2N3O2/c1-7-2-4-9(16)12(17-7)18-8-3-5-10-11(6-8)20-13(14,15)19-10/h2-6H,16H2,1H3,(H,17,18). The van der Waals surface area contributed by atoms with E-state index < -0.39 is 6.29 Å². The zero-order chi connectivity index (χ0) is 14.3. The number of fused-ring (bicyclic) bond motifs is 1. The molecule has 1 aliphatic heterocycles. The quantitative estimate of drug-likeness (QED) is 0.884. The molecule has 3 rings (SSSR count). The number of ether oxygens (including phenoxy) is 2. The first kappa shape index (κ1) is 12.5. The van der Waals surface area contributed by atoms with Crippen LogP contribution in [0.2, 0.25) is 0 Å². The third-order valence-corrected chi connectivity index (χ3v) is 2.73. The molecule has 0 aliphatic carbocycles. The molecule has 0 unspecified atom stereocenters. The number of benzene rings is 1. The summed E-state index contributed by atoms with van der Waals surface area (Å²) in [6.07, 6.45) is -3.62. The van der Waals surface area contributed by atoms with Gasteiger partial charge in [0.25, 0.3) is 0 Å². The Kier molecular flexibility index (Phi) is 2.63. The molecular weight excluding hydrogens is 268 g/mol. The van der Waals surface area contributed by atoms with E-state index in [9.17, 15) is 8.78 Å². The van der Waals surface area contributed by atoms with E-state index in [-0.39, 0.29) is 11.5 Å². The number of pyridine rings is 1. The molecule has 2 heterocycles. The summed E-state index contributed by atoms with van der Waals surface area (Å²) in [6, 6.07) is 7.86. The van der Waals surface area contributed by atoms with Gasteiger partial charge in [0.1, 0.15) is 0 Å². The molecule has 1 aromatic carbocycles. The van der Waals surface area contributed by atoms with E-state index in [1.165, 1.54) is 12.1 Å². The second-order valence-electron chi connectivity index (χ2n) is 4.34. The summed E-state index contributed by atoms with van der Waals surface area (Å²) >= 11 is 0. The van der Waals surface area contributed by atoms with Crippen LogP contribution in [0.15, 0.2) is 30.3 Å². The molecule has 1 aromatic heterocycles. The highest BCUT2D eigenvalue weighted by Gasteiger charge is 2.43. The van der Waals surface area contributed by atoms with Gasteiger partial charge in [-0.2, -0.15) is 0 Å². The van der Waals surface area contributed by atoms with Crippen LogP contribution in [0.5, 0.6) is 11.5 Å². The van der Waals surface area contributed by atoms with E-state index in [0.29, 0.717) is 17.2 Å². The van der Waals surface area contributed by atoms with Crippen LogP contribution in [0, 0.1) is 6.92 Å². The van der Waals surface area contributed by atoms with Crippen LogP contribution in [0.3, 0.4) is 0 Å².